The van der Waals surface area contributed by atoms with Gasteiger partial charge in [0.1, 0.15) is 9.84 Å². The van der Waals surface area contributed by atoms with Gasteiger partial charge in [-0.15, -0.1) is 0 Å². The molecule has 1 unspecified atom stereocenters. The second-order valence-electron chi connectivity index (χ2n) is 6.80. The number of hydrogen-bond acceptors (Lipinski definition) is 4. The maximum atomic E-state index is 11.0. The Bertz CT molecular complexity index is 475. The van der Waals surface area contributed by atoms with Gasteiger partial charge in [0.2, 0.25) is 0 Å². The van der Waals surface area contributed by atoms with Crippen LogP contribution in [0.4, 0.5) is 0 Å². The summed E-state index contributed by atoms with van der Waals surface area (Å²) >= 11 is 0. The summed E-state index contributed by atoms with van der Waals surface area (Å²) in [5, 5.41) is 3.32. The molecule has 1 aliphatic rings. The standard InChI is InChI=1S/C16H33N3O3S/c1-5-7-16(2)8-6-10-19(14-16)15(17-3)18-9-11-22-12-13-23(4,20)21/h5-14H2,1-4H3,(H,17,18). The summed E-state index contributed by atoms with van der Waals surface area (Å²) in [6, 6.07) is 0. The summed E-state index contributed by atoms with van der Waals surface area (Å²) in [7, 11) is -1.14. The minimum Gasteiger partial charge on any atom is -0.379 e. The van der Waals surface area contributed by atoms with E-state index in [1.165, 1.54) is 31.9 Å². The molecule has 0 aromatic carbocycles. The van der Waals surface area contributed by atoms with E-state index in [0.29, 0.717) is 18.6 Å². The lowest BCUT2D eigenvalue weighted by Gasteiger charge is -2.42. The highest BCUT2D eigenvalue weighted by Crippen LogP contribution is 2.33. The summed E-state index contributed by atoms with van der Waals surface area (Å²) < 4.78 is 27.4. The second kappa shape index (κ2) is 9.47. The summed E-state index contributed by atoms with van der Waals surface area (Å²) in [5.74, 6) is 0.988. The highest BCUT2D eigenvalue weighted by atomic mass is 32.2. The molecule has 1 heterocycles. The monoisotopic (exact) mass is 347 g/mol. The van der Waals surface area contributed by atoms with Gasteiger partial charge in [0.15, 0.2) is 5.96 Å². The number of nitrogens with one attached hydrogen (secondary N) is 1. The third-order valence-corrected chi connectivity index (χ3v) is 5.18. The molecule has 0 radical (unpaired) electrons. The van der Waals surface area contributed by atoms with Gasteiger partial charge in [0.25, 0.3) is 0 Å². The fraction of sp³-hybridized carbons (Fsp3) is 0.938. The molecular formula is C16H33N3O3S. The lowest BCUT2D eigenvalue weighted by atomic mass is 9.78. The van der Waals surface area contributed by atoms with Crippen LogP contribution >= 0.6 is 0 Å². The number of aliphatic imine (C=N–C) groups is 1. The van der Waals surface area contributed by atoms with Crippen LogP contribution in [0.25, 0.3) is 0 Å². The van der Waals surface area contributed by atoms with Crippen LogP contribution in [0.2, 0.25) is 0 Å². The topological polar surface area (TPSA) is 71.0 Å². The first-order valence-corrected chi connectivity index (χ1v) is 10.6. The molecular weight excluding hydrogens is 314 g/mol. The van der Waals surface area contributed by atoms with Crippen LogP contribution in [0.1, 0.15) is 39.5 Å². The molecule has 0 bridgehead atoms. The van der Waals surface area contributed by atoms with E-state index in [-0.39, 0.29) is 12.4 Å². The first-order valence-electron chi connectivity index (χ1n) is 8.51. The number of rotatable bonds is 8. The van der Waals surface area contributed by atoms with Crippen molar-refractivity contribution in [3.05, 3.63) is 0 Å². The zero-order valence-electron chi connectivity index (χ0n) is 15.1. The zero-order chi connectivity index (χ0) is 17.3. The Morgan fingerprint density at radius 3 is 2.74 bits per heavy atom. The molecule has 136 valence electrons. The largest absolute Gasteiger partial charge is 0.379 e. The predicted octanol–water partition coefficient (Wildman–Crippen LogP) is 1.53. The molecule has 1 aliphatic heterocycles. The van der Waals surface area contributed by atoms with E-state index in [0.717, 1.165) is 19.0 Å². The average Bonchev–Trinajstić information content (AvgIpc) is 2.45. The van der Waals surface area contributed by atoms with Crippen molar-refractivity contribution in [2.24, 2.45) is 10.4 Å². The van der Waals surface area contributed by atoms with Crippen molar-refractivity contribution in [3.63, 3.8) is 0 Å². The van der Waals surface area contributed by atoms with Gasteiger partial charge in [-0.2, -0.15) is 0 Å². The molecule has 0 saturated carbocycles. The van der Waals surface area contributed by atoms with E-state index >= 15 is 0 Å². The van der Waals surface area contributed by atoms with Crippen LogP contribution in [0.5, 0.6) is 0 Å². The van der Waals surface area contributed by atoms with Gasteiger partial charge in [-0.1, -0.05) is 20.3 Å². The van der Waals surface area contributed by atoms with Crippen LogP contribution in [-0.2, 0) is 14.6 Å². The van der Waals surface area contributed by atoms with Gasteiger partial charge in [0, 0.05) is 32.9 Å². The van der Waals surface area contributed by atoms with E-state index in [2.05, 4.69) is 29.1 Å². The lowest BCUT2D eigenvalue weighted by molar-refractivity contribution is 0.137. The first kappa shape index (κ1) is 20.2. The minimum atomic E-state index is -2.95. The third kappa shape index (κ3) is 8.01. The fourth-order valence-electron chi connectivity index (χ4n) is 3.18. The van der Waals surface area contributed by atoms with Gasteiger partial charge in [-0.3, -0.25) is 4.99 Å². The van der Waals surface area contributed by atoms with E-state index in [1.54, 1.807) is 7.05 Å². The number of ether oxygens (including phenoxy) is 1. The zero-order valence-corrected chi connectivity index (χ0v) is 15.9. The van der Waals surface area contributed by atoms with Crippen molar-refractivity contribution in [2.75, 3.05) is 51.9 Å². The van der Waals surface area contributed by atoms with Crippen molar-refractivity contribution in [1.82, 2.24) is 10.2 Å². The van der Waals surface area contributed by atoms with Gasteiger partial charge < -0.3 is 15.0 Å². The van der Waals surface area contributed by atoms with E-state index in [9.17, 15) is 8.42 Å². The molecule has 6 nitrogen and oxygen atoms in total. The fourth-order valence-corrected chi connectivity index (χ4v) is 3.60. The number of guanidine groups is 1. The van der Waals surface area contributed by atoms with Crippen LogP contribution in [-0.4, -0.2) is 71.2 Å². The predicted molar refractivity (Wildman–Crippen MR) is 95.7 cm³/mol. The smallest absolute Gasteiger partial charge is 0.193 e. The molecule has 1 rings (SSSR count). The van der Waals surface area contributed by atoms with Crippen LogP contribution in [0.3, 0.4) is 0 Å². The molecule has 1 N–H and O–H groups in total. The maximum Gasteiger partial charge on any atom is 0.193 e. The summed E-state index contributed by atoms with van der Waals surface area (Å²) in [6.07, 6.45) is 6.16. The van der Waals surface area contributed by atoms with Crippen LogP contribution in [0, 0.1) is 5.41 Å². The van der Waals surface area contributed by atoms with Gasteiger partial charge >= 0.3 is 0 Å². The first-order chi connectivity index (χ1) is 10.8. The molecule has 23 heavy (non-hydrogen) atoms. The molecule has 1 saturated heterocycles. The molecule has 7 heteroatoms. The van der Waals surface area contributed by atoms with E-state index in [1.807, 2.05) is 0 Å². The Balaban J connectivity index is 2.34. The minimum absolute atomic E-state index is 0.0726. The van der Waals surface area contributed by atoms with Crippen LogP contribution < -0.4 is 5.32 Å². The Morgan fingerprint density at radius 1 is 1.39 bits per heavy atom. The summed E-state index contributed by atoms with van der Waals surface area (Å²) in [4.78, 5) is 6.70. The van der Waals surface area contributed by atoms with Gasteiger partial charge in [-0.05, 0) is 24.7 Å². The summed E-state index contributed by atoms with van der Waals surface area (Å²) in [6.45, 7) is 8.04. The summed E-state index contributed by atoms with van der Waals surface area (Å²) in [5.41, 5.74) is 0.372. The normalized spacial score (nSPS) is 23.1. The maximum absolute atomic E-state index is 11.0. The molecule has 1 atom stereocenters. The Morgan fingerprint density at radius 2 is 2.13 bits per heavy atom. The highest BCUT2D eigenvalue weighted by molar-refractivity contribution is 7.90. The van der Waals surface area contributed by atoms with Crippen molar-refractivity contribution in [2.45, 2.75) is 39.5 Å². The second-order valence-corrected chi connectivity index (χ2v) is 9.06. The number of sulfone groups is 1. The quantitative estimate of drug-likeness (QED) is 0.409. The number of nitrogens with zero attached hydrogens (tertiary/aromatic N) is 2. The van der Waals surface area contributed by atoms with Crippen molar-refractivity contribution < 1.29 is 13.2 Å². The third-order valence-electron chi connectivity index (χ3n) is 4.27. The molecule has 0 aromatic rings. The molecule has 1 fully saturated rings. The molecule has 0 aromatic heterocycles. The Kier molecular flexibility index (Phi) is 8.33. The van der Waals surface area contributed by atoms with E-state index in [4.69, 9.17) is 4.74 Å². The molecule has 0 spiro atoms. The van der Waals surface area contributed by atoms with Crippen molar-refractivity contribution >= 4 is 15.8 Å². The van der Waals surface area contributed by atoms with Gasteiger partial charge in [0.05, 0.1) is 19.0 Å². The lowest BCUT2D eigenvalue weighted by Crippen LogP contribution is -2.50. The van der Waals surface area contributed by atoms with Gasteiger partial charge in [-0.25, -0.2) is 8.42 Å². The van der Waals surface area contributed by atoms with Crippen molar-refractivity contribution in [1.29, 1.82) is 0 Å². The molecule has 0 amide bonds. The number of hydrogen-bond donors (Lipinski definition) is 1. The average molecular weight is 348 g/mol. The molecule has 0 aliphatic carbocycles. The van der Waals surface area contributed by atoms with Crippen molar-refractivity contribution in [3.8, 4) is 0 Å². The SMILES string of the molecule is CCCC1(C)CCCN(C(=NC)NCCOCCS(C)(=O)=O)C1. The highest BCUT2D eigenvalue weighted by Gasteiger charge is 2.31. The Hall–Kier alpha value is -0.820. The Labute approximate surface area is 141 Å². The number of likely N-dealkylation sites (tertiary alicyclic amines) is 1. The van der Waals surface area contributed by atoms with E-state index < -0.39 is 9.84 Å². The number of piperidine rings is 1. The van der Waals surface area contributed by atoms with Crippen LogP contribution in [0.15, 0.2) is 4.99 Å².